The molecule has 0 amide bonds. The minimum atomic E-state index is -3.56. The lowest BCUT2D eigenvalue weighted by molar-refractivity contribution is 0.502. The normalized spacial score (nSPS) is 14.7. The first-order chi connectivity index (χ1) is 10.6. The fourth-order valence-electron chi connectivity index (χ4n) is 2.48. The zero-order chi connectivity index (χ0) is 15.4. The average molecular weight is 321 g/mol. The minimum Gasteiger partial charge on any atom is -0.314 e. The number of nitrogens with one attached hydrogen (secondary N) is 2. The molecule has 0 saturated carbocycles. The van der Waals surface area contributed by atoms with Crippen LogP contribution < -0.4 is 9.44 Å². The van der Waals surface area contributed by atoms with Crippen LogP contribution in [0.4, 0.5) is 0 Å². The molecule has 0 aliphatic carbocycles. The summed E-state index contributed by atoms with van der Waals surface area (Å²) in [6.45, 7) is 1.27. The largest absolute Gasteiger partial charge is 0.314 e. The third kappa shape index (κ3) is 3.70. The molecule has 3 rings (SSSR count). The molecule has 1 aliphatic heterocycles. The van der Waals surface area contributed by atoms with Gasteiger partial charge < -0.3 is 4.57 Å². The lowest BCUT2D eigenvalue weighted by Crippen LogP contribution is -2.36. The average Bonchev–Trinajstić information content (AvgIpc) is 2.96. The number of benzene rings is 1. The molecule has 1 aromatic carbocycles. The maximum absolute atomic E-state index is 12.0. The van der Waals surface area contributed by atoms with Crippen LogP contribution in [-0.4, -0.2) is 23.2 Å². The molecule has 1 aromatic heterocycles. The van der Waals surface area contributed by atoms with E-state index in [1.54, 1.807) is 0 Å². The first-order valence-electron chi connectivity index (χ1n) is 7.33. The van der Waals surface area contributed by atoms with Crippen molar-refractivity contribution in [1.82, 2.24) is 24.2 Å². The van der Waals surface area contributed by atoms with Crippen molar-refractivity contribution in [1.29, 1.82) is 0 Å². The lowest BCUT2D eigenvalue weighted by atomic mass is 10.2. The van der Waals surface area contributed by atoms with Gasteiger partial charge in [0.15, 0.2) is 0 Å². The number of nitrogens with zero attached hydrogens (tertiary/aromatic N) is 3. The van der Waals surface area contributed by atoms with Gasteiger partial charge in [0.2, 0.25) is 0 Å². The second-order valence-electron chi connectivity index (χ2n) is 5.27. The smallest absolute Gasteiger partial charge is 0.277 e. The number of fused-ring (bicyclic) bond motifs is 1. The highest BCUT2D eigenvalue weighted by Crippen LogP contribution is 2.14. The SMILES string of the molecule is O=S(=O)(NCc1ccccc1)NCc1nnc2n1CCCC2. The van der Waals surface area contributed by atoms with Gasteiger partial charge in [-0.05, 0) is 18.4 Å². The Morgan fingerprint density at radius 3 is 2.64 bits per heavy atom. The second-order valence-corrected chi connectivity index (χ2v) is 6.86. The number of hydrogen-bond donors (Lipinski definition) is 2. The maximum Gasteiger partial charge on any atom is 0.277 e. The molecule has 0 saturated heterocycles. The highest BCUT2D eigenvalue weighted by Gasteiger charge is 2.17. The van der Waals surface area contributed by atoms with E-state index in [9.17, 15) is 8.42 Å². The summed E-state index contributed by atoms with van der Waals surface area (Å²) < 4.78 is 31.0. The van der Waals surface area contributed by atoms with E-state index >= 15 is 0 Å². The number of rotatable bonds is 6. The predicted molar refractivity (Wildman–Crippen MR) is 82.0 cm³/mol. The Morgan fingerprint density at radius 1 is 1.05 bits per heavy atom. The van der Waals surface area contributed by atoms with Gasteiger partial charge in [-0.15, -0.1) is 10.2 Å². The van der Waals surface area contributed by atoms with Gasteiger partial charge in [0, 0.05) is 19.5 Å². The van der Waals surface area contributed by atoms with Crippen LogP contribution in [0.15, 0.2) is 30.3 Å². The molecule has 0 radical (unpaired) electrons. The van der Waals surface area contributed by atoms with Crippen molar-refractivity contribution in [3.63, 3.8) is 0 Å². The lowest BCUT2D eigenvalue weighted by Gasteiger charge is -2.15. The maximum atomic E-state index is 12.0. The Labute approximate surface area is 129 Å². The van der Waals surface area contributed by atoms with E-state index in [1.807, 2.05) is 34.9 Å². The fraction of sp³-hybridized carbons (Fsp3) is 0.429. The highest BCUT2D eigenvalue weighted by molar-refractivity contribution is 7.87. The molecule has 2 heterocycles. The van der Waals surface area contributed by atoms with E-state index in [0.29, 0.717) is 5.82 Å². The zero-order valence-electron chi connectivity index (χ0n) is 12.2. The first-order valence-corrected chi connectivity index (χ1v) is 8.81. The van der Waals surface area contributed by atoms with Gasteiger partial charge in [0.1, 0.15) is 11.6 Å². The van der Waals surface area contributed by atoms with Gasteiger partial charge in [0.05, 0.1) is 6.54 Å². The molecule has 0 spiro atoms. The number of aromatic nitrogens is 3. The summed E-state index contributed by atoms with van der Waals surface area (Å²) in [6, 6.07) is 9.39. The molecular weight excluding hydrogens is 302 g/mol. The van der Waals surface area contributed by atoms with E-state index in [2.05, 4.69) is 19.6 Å². The van der Waals surface area contributed by atoms with Crippen LogP contribution in [0.3, 0.4) is 0 Å². The van der Waals surface area contributed by atoms with Gasteiger partial charge in [0.25, 0.3) is 10.2 Å². The highest BCUT2D eigenvalue weighted by atomic mass is 32.2. The Kier molecular flexibility index (Phi) is 4.51. The third-order valence-corrected chi connectivity index (χ3v) is 4.71. The van der Waals surface area contributed by atoms with Crippen LogP contribution >= 0.6 is 0 Å². The summed E-state index contributed by atoms with van der Waals surface area (Å²) in [4.78, 5) is 0. The van der Waals surface area contributed by atoms with Crippen molar-refractivity contribution in [2.24, 2.45) is 0 Å². The zero-order valence-corrected chi connectivity index (χ0v) is 13.0. The van der Waals surface area contributed by atoms with Crippen LogP contribution in [0.5, 0.6) is 0 Å². The molecule has 0 atom stereocenters. The topological polar surface area (TPSA) is 88.9 Å². The number of hydrogen-bond acceptors (Lipinski definition) is 4. The summed E-state index contributed by atoms with van der Waals surface area (Å²) in [7, 11) is -3.56. The van der Waals surface area contributed by atoms with Crippen LogP contribution in [0.1, 0.15) is 30.1 Å². The van der Waals surface area contributed by atoms with Crippen LogP contribution in [0.2, 0.25) is 0 Å². The molecule has 7 nitrogen and oxygen atoms in total. The van der Waals surface area contributed by atoms with Gasteiger partial charge in [-0.2, -0.15) is 17.9 Å². The minimum absolute atomic E-state index is 0.150. The summed E-state index contributed by atoms with van der Waals surface area (Å²) in [5.41, 5.74) is 0.910. The van der Waals surface area contributed by atoms with E-state index < -0.39 is 10.2 Å². The van der Waals surface area contributed by atoms with Crippen molar-refractivity contribution < 1.29 is 8.42 Å². The molecule has 0 bridgehead atoms. The summed E-state index contributed by atoms with van der Waals surface area (Å²) in [6.07, 6.45) is 3.10. The van der Waals surface area contributed by atoms with E-state index in [4.69, 9.17) is 0 Å². The number of aryl methyl sites for hydroxylation is 1. The van der Waals surface area contributed by atoms with Gasteiger partial charge >= 0.3 is 0 Å². The Hall–Kier alpha value is -1.77. The summed E-state index contributed by atoms with van der Waals surface area (Å²) in [5, 5.41) is 8.19. The van der Waals surface area contributed by atoms with Gasteiger partial charge in [-0.1, -0.05) is 30.3 Å². The first kappa shape index (κ1) is 15.1. The molecule has 118 valence electrons. The molecule has 0 unspecified atom stereocenters. The Bertz CT molecular complexity index is 727. The van der Waals surface area contributed by atoms with Crippen LogP contribution in [-0.2, 0) is 36.3 Å². The van der Waals surface area contributed by atoms with Crippen LogP contribution in [0, 0.1) is 0 Å². The van der Waals surface area contributed by atoms with E-state index in [1.165, 1.54) is 0 Å². The summed E-state index contributed by atoms with van der Waals surface area (Å²) >= 11 is 0. The predicted octanol–water partition coefficient (Wildman–Crippen LogP) is 0.739. The van der Waals surface area contributed by atoms with Crippen molar-refractivity contribution in [3.8, 4) is 0 Å². The molecule has 0 fully saturated rings. The molecule has 22 heavy (non-hydrogen) atoms. The molecule has 1 aliphatic rings. The van der Waals surface area contributed by atoms with Crippen molar-refractivity contribution in [2.45, 2.75) is 38.9 Å². The van der Waals surface area contributed by atoms with Gasteiger partial charge in [-0.25, -0.2) is 0 Å². The van der Waals surface area contributed by atoms with Crippen LogP contribution in [0.25, 0.3) is 0 Å². The fourth-order valence-corrected chi connectivity index (χ4v) is 3.26. The Balaban J connectivity index is 1.57. The molecule has 8 heteroatoms. The summed E-state index contributed by atoms with van der Waals surface area (Å²) in [5.74, 6) is 1.61. The second kappa shape index (κ2) is 6.55. The third-order valence-electron chi connectivity index (χ3n) is 3.67. The van der Waals surface area contributed by atoms with Gasteiger partial charge in [-0.3, -0.25) is 0 Å². The van der Waals surface area contributed by atoms with Crippen molar-refractivity contribution in [3.05, 3.63) is 47.5 Å². The molecular formula is C14H19N5O2S. The standard InChI is InChI=1S/C14H19N5O2S/c20-22(21,15-10-12-6-2-1-3-7-12)16-11-14-18-17-13-8-4-5-9-19(13)14/h1-3,6-7,15-16H,4-5,8-11H2. The van der Waals surface area contributed by atoms with Crippen molar-refractivity contribution in [2.75, 3.05) is 0 Å². The van der Waals surface area contributed by atoms with Crippen molar-refractivity contribution >= 4 is 10.2 Å². The Morgan fingerprint density at radius 2 is 1.82 bits per heavy atom. The van der Waals surface area contributed by atoms with E-state index in [0.717, 1.165) is 37.2 Å². The molecule has 2 N–H and O–H groups in total. The van der Waals surface area contributed by atoms with E-state index in [-0.39, 0.29) is 13.1 Å². The molecule has 2 aromatic rings. The quantitative estimate of drug-likeness (QED) is 0.821. The monoisotopic (exact) mass is 321 g/mol.